The van der Waals surface area contributed by atoms with Gasteiger partial charge in [-0.15, -0.1) is 0 Å². The first kappa shape index (κ1) is 12.5. The summed E-state index contributed by atoms with van der Waals surface area (Å²) in [6, 6.07) is 2.86. The summed E-state index contributed by atoms with van der Waals surface area (Å²) in [6.45, 7) is 1.18. The molecule has 0 saturated carbocycles. The van der Waals surface area contributed by atoms with Crippen LogP contribution >= 0.6 is 0 Å². The molecule has 1 aliphatic rings. The summed E-state index contributed by atoms with van der Waals surface area (Å²) in [5.41, 5.74) is 0.203. The summed E-state index contributed by atoms with van der Waals surface area (Å²) in [4.78, 5) is 28.2. The fraction of sp³-hybridized carbons (Fsp3) is 0.417. The van der Waals surface area contributed by atoms with E-state index in [-0.39, 0.29) is 17.6 Å². The fourth-order valence-corrected chi connectivity index (χ4v) is 1.88. The zero-order valence-electron chi connectivity index (χ0n) is 10.00. The van der Waals surface area contributed by atoms with Crippen molar-refractivity contribution < 1.29 is 19.4 Å². The number of aromatic carboxylic acids is 1. The van der Waals surface area contributed by atoms with Gasteiger partial charge in [0, 0.05) is 25.4 Å². The molecule has 1 saturated heterocycles. The van der Waals surface area contributed by atoms with E-state index in [0.717, 1.165) is 6.42 Å². The van der Waals surface area contributed by atoms with E-state index in [4.69, 9.17) is 9.84 Å². The van der Waals surface area contributed by atoms with Crippen molar-refractivity contribution in [2.45, 2.75) is 12.5 Å². The molecule has 0 radical (unpaired) electrons. The van der Waals surface area contributed by atoms with Gasteiger partial charge in [0.05, 0.1) is 12.6 Å². The minimum absolute atomic E-state index is 0.0546. The maximum absolute atomic E-state index is 12.2. The van der Waals surface area contributed by atoms with E-state index in [1.54, 1.807) is 11.9 Å². The summed E-state index contributed by atoms with van der Waals surface area (Å²) >= 11 is 0. The lowest BCUT2D eigenvalue weighted by Crippen LogP contribution is -2.37. The van der Waals surface area contributed by atoms with E-state index < -0.39 is 5.97 Å². The Kier molecular flexibility index (Phi) is 3.57. The Balaban J connectivity index is 2.17. The second kappa shape index (κ2) is 5.14. The number of ether oxygens (including phenoxy) is 1. The predicted octanol–water partition coefficient (Wildman–Crippen LogP) is 0.641. The van der Waals surface area contributed by atoms with E-state index in [1.165, 1.54) is 18.3 Å². The van der Waals surface area contributed by atoms with Crippen LogP contribution in [0.5, 0.6) is 0 Å². The molecule has 1 amide bonds. The number of pyridine rings is 1. The van der Waals surface area contributed by atoms with E-state index in [9.17, 15) is 9.59 Å². The van der Waals surface area contributed by atoms with Crippen molar-refractivity contribution in [3.05, 3.63) is 29.6 Å². The van der Waals surface area contributed by atoms with Crippen LogP contribution in [0, 0.1) is 0 Å². The Morgan fingerprint density at radius 2 is 2.33 bits per heavy atom. The highest BCUT2D eigenvalue weighted by molar-refractivity contribution is 5.96. The van der Waals surface area contributed by atoms with Gasteiger partial charge in [-0.1, -0.05) is 0 Å². The van der Waals surface area contributed by atoms with Gasteiger partial charge in [-0.05, 0) is 18.6 Å². The van der Waals surface area contributed by atoms with Crippen LogP contribution in [0.25, 0.3) is 0 Å². The molecular formula is C12H14N2O4. The standard InChI is InChI=1S/C12H14N2O4/c1-14(9-3-5-18-7-9)11(15)8-2-4-13-10(6-8)12(16)17/h2,4,6,9H,3,5,7H2,1H3,(H,16,17). The minimum atomic E-state index is -1.14. The van der Waals surface area contributed by atoms with Gasteiger partial charge in [0.15, 0.2) is 0 Å². The summed E-state index contributed by atoms with van der Waals surface area (Å²) in [6.07, 6.45) is 2.13. The first-order valence-corrected chi connectivity index (χ1v) is 5.64. The largest absolute Gasteiger partial charge is 0.477 e. The van der Waals surface area contributed by atoms with Crippen molar-refractivity contribution in [3.8, 4) is 0 Å². The van der Waals surface area contributed by atoms with Gasteiger partial charge in [-0.25, -0.2) is 9.78 Å². The second-order valence-electron chi connectivity index (χ2n) is 4.17. The molecule has 1 aromatic rings. The van der Waals surface area contributed by atoms with Crippen molar-refractivity contribution in [1.29, 1.82) is 0 Å². The molecule has 1 N–H and O–H groups in total. The third kappa shape index (κ3) is 2.48. The first-order chi connectivity index (χ1) is 8.59. The molecule has 1 atom stereocenters. The molecule has 0 aliphatic carbocycles. The highest BCUT2D eigenvalue weighted by Crippen LogP contribution is 2.14. The number of rotatable bonds is 3. The molecule has 1 aromatic heterocycles. The number of nitrogens with zero attached hydrogens (tertiary/aromatic N) is 2. The van der Waals surface area contributed by atoms with E-state index >= 15 is 0 Å². The third-order valence-electron chi connectivity index (χ3n) is 3.00. The van der Waals surface area contributed by atoms with Gasteiger partial charge >= 0.3 is 5.97 Å². The number of hydrogen-bond acceptors (Lipinski definition) is 4. The maximum atomic E-state index is 12.2. The highest BCUT2D eigenvalue weighted by atomic mass is 16.5. The fourth-order valence-electron chi connectivity index (χ4n) is 1.88. The van der Waals surface area contributed by atoms with Crippen LogP contribution in [-0.4, -0.2) is 53.2 Å². The smallest absolute Gasteiger partial charge is 0.354 e. The number of carbonyl (C=O) groups excluding carboxylic acids is 1. The zero-order chi connectivity index (χ0) is 13.1. The number of hydrogen-bond donors (Lipinski definition) is 1. The molecular weight excluding hydrogens is 236 g/mol. The average Bonchev–Trinajstić information content (AvgIpc) is 2.91. The van der Waals surface area contributed by atoms with Crippen molar-refractivity contribution >= 4 is 11.9 Å². The van der Waals surface area contributed by atoms with Crippen molar-refractivity contribution in [2.24, 2.45) is 0 Å². The summed E-state index contributed by atoms with van der Waals surface area (Å²) in [5.74, 6) is -1.35. The van der Waals surface area contributed by atoms with Crippen LogP contribution < -0.4 is 0 Å². The molecule has 6 nitrogen and oxygen atoms in total. The van der Waals surface area contributed by atoms with Crippen LogP contribution in [0.3, 0.4) is 0 Å². The summed E-state index contributed by atoms with van der Waals surface area (Å²) in [7, 11) is 1.70. The lowest BCUT2D eigenvalue weighted by molar-refractivity contribution is 0.0690. The molecule has 2 heterocycles. The molecule has 0 bridgehead atoms. The van der Waals surface area contributed by atoms with Gasteiger partial charge in [0.25, 0.3) is 5.91 Å². The quantitative estimate of drug-likeness (QED) is 0.851. The van der Waals surface area contributed by atoms with E-state index in [0.29, 0.717) is 18.8 Å². The average molecular weight is 250 g/mol. The predicted molar refractivity (Wildman–Crippen MR) is 62.5 cm³/mol. The molecule has 2 rings (SSSR count). The van der Waals surface area contributed by atoms with Crippen LogP contribution in [0.4, 0.5) is 0 Å². The maximum Gasteiger partial charge on any atom is 0.354 e. The van der Waals surface area contributed by atoms with Gasteiger partial charge < -0.3 is 14.7 Å². The Labute approximate surface area is 104 Å². The minimum Gasteiger partial charge on any atom is -0.477 e. The Morgan fingerprint density at radius 3 is 2.94 bits per heavy atom. The van der Waals surface area contributed by atoms with Gasteiger partial charge in [0.1, 0.15) is 5.69 Å². The van der Waals surface area contributed by atoms with Crippen molar-refractivity contribution in [3.63, 3.8) is 0 Å². The molecule has 1 fully saturated rings. The SMILES string of the molecule is CN(C(=O)c1ccnc(C(=O)O)c1)C1CCOC1. The molecule has 96 valence electrons. The van der Waals surface area contributed by atoms with Crippen molar-refractivity contribution in [1.82, 2.24) is 9.88 Å². The summed E-state index contributed by atoms with van der Waals surface area (Å²) in [5, 5.41) is 8.83. The van der Waals surface area contributed by atoms with Gasteiger partial charge in [-0.3, -0.25) is 4.79 Å². The molecule has 6 heteroatoms. The van der Waals surface area contributed by atoms with Crippen LogP contribution in [-0.2, 0) is 4.74 Å². The Hall–Kier alpha value is -1.95. The van der Waals surface area contributed by atoms with Gasteiger partial charge in [0.2, 0.25) is 0 Å². The molecule has 0 spiro atoms. The van der Waals surface area contributed by atoms with Crippen LogP contribution in [0.2, 0.25) is 0 Å². The van der Waals surface area contributed by atoms with Crippen LogP contribution in [0.15, 0.2) is 18.3 Å². The Bertz CT molecular complexity index is 469. The van der Waals surface area contributed by atoms with E-state index in [1.807, 2.05) is 0 Å². The molecule has 1 unspecified atom stereocenters. The highest BCUT2D eigenvalue weighted by Gasteiger charge is 2.25. The summed E-state index contributed by atoms with van der Waals surface area (Å²) < 4.78 is 5.23. The lowest BCUT2D eigenvalue weighted by atomic mass is 10.1. The number of likely N-dealkylation sites (N-methyl/N-ethyl adjacent to an activating group) is 1. The number of aromatic nitrogens is 1. The normalized spacial score (nSPS) is 18.6. The number of amides is 1. The second-order valence-corrected chi connectivity index (χ2v) is 4.17. The Morgan fingerprint density at radius 1 is 1.56 bits per heavy atom. The third-order valence-corrected chi connectivity index (χ3v) is 3.00. The number of carboxylic acids is 1. The van der Waals surface area contributed by atoms with Crippen molar-refractivity contribution in [2.75, 3.05) is 20.3 Å². The number of carbonyl (C=O) groups is 2. The van der Waals surface area contributed by atoms with E-state index in [2.05, 4.69) is 4.98 Å². The molecule has 18 heavy (non-hydrogen) atoms. The van der Waals surface area contributed by atoms with Gasteiger partial charge in [-0.2, -0.15) is 0 Å². The zero-order valence-corrected chi connectivity index (χ0v) is 10.00. The topological polar surface area (TPSA) is 79.7 Å². The molecule has 1 aliphatic heterocycles. The first-order valence-electron chi connectivity index (χ1n) is 5.64. The van der Waals surface area contributed by atoms with Crippen LogP contribution in [0.1, 0.15) is 27.3 Å². The molecule has 0 aromatic carbocycles. The lowest BCUT2D eigenvalue weighted by Gasteiger charge is -2.23. The number of carboxylic acid groups (broad SMARTS) is 1. The monoisotopic (exact) mass is 250 g/mol.